The van der Waals surface area contributed by atoms with Gasteiger partial charge in [-0.1, -0.05) is 0 Å². The van der Waals surface area contributed by atoms with E-state index in [4.69, 9.17) is 9.47 Å². The van der Waals surface area contributed by atoms with Crippen LogP contribution in [0.4, 0.5) is 13.2 Å². The van der Waals surface area contributed by atoms with E-state index in [1.807, 2.05) is 0 Å². The molecule has 0 radical (unpaired) electrons. The number of nitrogens with zero attached hydrogens (tertiary/aromatic N) is 2. The van der Waals surface area contributed by atoms with Crippen molar-refractivity contribution in [3.05, 3.63) is 47.3 Å². The lowest BCUT2D eigenvalue weighted by atomic mass is 10.0. The zero-order valence-electron chi connectivity index (χ0n) is 15.0. The second-order valence-corrected chi connectivity index (χ2v) is 5.74. The van der Waals surface area contributed by atoms with Crippen LogP contribution in [0.25, 0.3) is 0 Å². The Kier molecular flexibility index (Phi) is 6.24. The molecule has 0 saturated carbocycles. The Morgan fingerprint density at radius 3 is 2.33 bits per heavy atom. The molecule has 146 valence electrons. The molecule has 1 atom stereocenters. The number of hydrogen-bond donors (Lipinski definition) is 0. The summed E-state index contributed by atoms with van der Waals surface area (Å²) in [5.41, 5.74) is -0.736. The highest BCUT2D eigenvalue weighted by atomic mass is 19.4. The minimum Gasteiger partial charge on any atom is -0.497 e. The molecule has 1 heterocycles. The van der Waals surface area contributed by atoms with E-state index < -0.39 is 29.7 Å². The van der Waals surface area contributed by atoms with Crippen LogP contribution in [0.3, 0.4) is 0 Å². The first-order chi connectivity index (χ1) is 12.7. The molecule has 27 heavy (non-hydrogen) atoms. The van der Waals surface area contributed by atoms with Gasteiger partial charge in [0.25, 0.3) is 0 Å². The summed E-state index contributed by atoms with van der Waals surface area (Å²) in [6.45, 7) is 2.97. The van der Waals surface area contributed by atoms with Crippen LogP contribution in [0.2, 0.25) is 0 Å². The highest BCUT2D eigenvalue weighted by Gasteiger charge is 2.37. The summed E-state index contributed by atoms with van der Waals surface area (Å²) >= 11 is 0. The lowest BCUT2D eigenvalue weighted by molar-refractivity contribution is -0.149. The number of halogens is 3. The SMILES string of the molecule is CCOC(=O)C(CC(=O)c1ccc(OC)cc1)n1nc(C(F)(F)F)cc1C. The zero-order chi connectivity index (χ0) is 20.2. The number of alkyl halides is 3. The Bertz CT molecular complexity index is 813. The maximum atomic E-state index is 12.9. The average Bonchev–Trinajstić information content (AvgIpc) is 3.01. The summed E-state index contributed by atoms with van der Waals surface area (Å²) in [4.78, 5) is 24.8. The number of Topliss-reactive ketones (excluding diaryl/α,β-unsaturated/α-hetero) is 1. The van der Waals surface area contributed by atoms with Crippen molar-refractivity contribution in [2.45, 2.75) is 32.5 Å². The molecule has 9 heteroatoms. The quantitative estimate of drug-likeness (QED) is 0.539. The predicted molar refractivity (Wildman–Crippen MR) is 89.6 cm³/mol. The summed E-state index contributed by atoms with van der Waals surface area (Å²) in [5.74, 6) is -0.704. The molecule has 2 rings (SSSR count). The van der Waals surface area contributed by atoms with E-state index in [1.54, 1.807) is 19.1 Å². The normalized spacial score (nSPS) is 12.5. The van der Waals surface area contributed by atoms with Crippen LogP contribution >= 0.6 is 0 Å². The highest BCUT2D eigenvalue weighted by molar-refractivity contribution is 5.98. The zero-order valence-corrected chi connectivity index (χ0v) is 15.0. The third kappa shape index (κ3) is 4.87. The Balaban J connectivity index is 2.33. The molecule has 0 aliphatic heterocycles. The van der Waals surface area contributed by atoms with Crippen LogP contribution in [0.1, 0.15) is 41.1 Å². The maximum absolute atomic E-state index is 12.9. The van der Waals surface area contributed by atoms with Gasteiger partial charge in [0.15, 0.2) is 17.5 Å². The Hall–Kier alpha value is -2.84. The molecular formula is C18H19F3N2O4. The molecule has 0 saturated heterocycles. The van der Waals surface area contributed by atoms with Gasteiger partial charge in [-0.25, -0.2) is 4.79 Å². The van der Waals surface area contributed by atoms with Gasteiger partial charge in [0.1, 0.15) is 5.75 Å². The minimum absolute atomic E-state index is 0.0263. The van der Waals surface area contributed by atoms with Crippen molar-refractivity contribution < 1.29 is 32.2 Å². The van der Waals surface area contributed by atoms with Crippen molar-refractivity contribution in [1.29, 1.82) is 0 Å². The molecule has 0 aliphatic carbocycles. The van der Waals surface area contributed by atoms with E-state index in [2.05, 4.69) is 5.10 Å². The summed E-state index contributed by atoms with van der Waals surface area (Å²) in [6, 6.07) is 5.71. The predicted octanol–water partition coefficient (Wildman–Crippen LogP) is 3.60. The molecule has 0 amide bonds. The van der Waals surface area contributed by atoms with E-state index in [9.17, 15) is 22.8 Å². The van der Waals surface area contributed by atoms with E-state index in [0.29, 0.717) is 11.3 Å². The fourth-order valence-electron chi connectivity index (χ4n) is 2.52. The number of carbonyl (C=O) groups excluding carboxylic acids is 2. The number of aromatic nitrogens is 2. The topological polar surface area (TPSA) is 70.4 Å². The van der Waals surface area contributed by atoms with Gasteiger partial charge in [-0.05, 0) is 44.2 Å². The molecule has 0 aliphatic rings. The van der Waals surface area contributed by atoms with Gasteiger partial charge in [-0.15, -0.1) is 0 Å². The molecule has 1 aromatic heterocycles. The van der Waals surface area contributed by atoms with Gasteiger partial charge in [-0.3, -0.25) is 9.48 Å². The number of ether oxygens (including phenoxy) is 2. The van der Waals surface area contributed by atoms with Gasteiger partial charge in [0.2, 0.25) is 0 Å². The van der Waals surface area contributed by atoms with E-state index in [0.717, 1.165) is 10.7 Å². The largest absolute Gasteiger partial charge is 0.497 e. The lowest BCUT2D eigenvalue weighted by Gasteiger charge is -2.17. The summed E-state index contributed by atoms with van der Waals surface area (Å²) in [6.07, 6.45) is -5.04. The molecule has 6 nitrogen and oxygen atoms in total. The molecule has 2 aromatic rings. The molecule has 0 bridgehead atoms. The molecular weight excluding hydrogens is 365 g/mol. The number of esters is 1. The Labute approximate surface area is 153 Å². The number of aryl methyl sites for hydroxylation is 1. The fraction of sp³-hybridized carbons (Fsp3) is 0.389. The van der Waals surface area contributed by atoms with Crippen molar-refractivity contribution in [2.24, 2.45) is 0 Å². The fourth-order valence-corrected chi connectivity index (χ4v) is 2.52. The second kappa shape index (κ2) is 8.24. The van der Waals surface area contributed by atoms with Crippen molar-refractivity contribution in [3.8, 4) is 5.75 Å². The standard InChI is InChI=1S/C18H19F3N2O4/c1-4-27-17(25)14(23-11(2)9-16(22-23)18(19,20)21)10-15(24)12-5-7-13(26-3)8-6-12/h5-9,14H,4,10H2,1-3H3. The second-order valence-electron chi connectivity index (χ2n) is 5.74. The van der Waals surface area contributed by atoms with Crippen LogP contribution in [-0.2, 0) is 15.7 Å². The Morgan fingerprint density at radius 2 is 1.85 bits per heavy atom. The first kappa shape index (κ1) is 20.5. The molecule has 1 aromatic carbocycles. The molecule has 0 fully saturated rings. The smallest absolute Gasteiger partial charge is 0.435 e. The summed E-state index contributed by atoms with van der Waals surface area (Å²) < 4.78 is 49.6. The third-order valence-electron chi connectivity index (χ3n) is 3.86. The van der Waals surface area contributed by atoms with Crippen molar-refractivity contribution in [2.75, 3.05) is 13.7 Å². The summed E-state index contributed by atoms with van der Waals surface area (Å²) in [7, 11) is 1.48. The Morgan fingerprint density at radius 1 is 1.22 bits per heavy atom. The molecule has 0 N–H and O–H groups in total. The van der Waals surface area contributed by atoms with Crippen molar-refractivity contribution in [3.63, 3.8) is 0 Å². The lowest BCUT2D eigenvalue weighted by Crippen LogP contribution is -2.27. The van der Waals surface area contributed by atoms with Gasteiger partial charge in [0.05, 0.1) is 13.7 Å². The van der Waals surface area contributed by atoms with Crippen LogP contribution < -0.4 is 4.74 Å². The van der Waals surface area contributed by atoms with Gasteiger partial charge in [-0.2, -0.15) is 18.3 Å². The monoisotopic (exact) mass is 384 g/mol. The minimum atomic E-state index is -4.66. The number of hydrogen-bond acceptors (Lipinski definition) is 5. The van der Waals surface area contributed by atoms with Crippen molar-refractivity contribution >= 4 is 11.8 Å². The van der Waals surface area contributed by atoms with Gasteiger partial charge < -0.3 is 9.47 Å². The first-order valence-electron chi connectivity index (χ1n) is 8.14. The number of methoxy groups -OCH3 is 1. The van der Waals surface area contributed by atoms with Crippen LogP contribution in [-0.4, -0.2) is 35.2 Å². The summed E-state index contributed by atoms with van der Waals surface area (Å²) in [5, 5.41) is 3.48. The van der Waals surface area contributed by atoms with E-state index in [1.165, 1.54) is 26.2 Å². The van der Waals surface area contributed by atoms with Crippen LogP contribution in [0, 0.1) is 6.92 Å². The number of rotatable bonds is 7. The molecule has 0 spiro atoms. The molecule has 1 unspecified atom stereocenters. The van der Waals surface area contributed by atoms with Crippen molar-refractivity contribution in [1.82, 2.24) is 9.78 Å². The van der Waals surface area contributed by atoms with Gasteiger partial charge >= 0.3 is 12.1 Å². The highest BCUT2D eigenvalue weighted by Crippen LogP contribution is 2.30. The third-order valence-corrected chi connectivity index (χ3v) is 3.86. The maximum Gasteiger partial charge on any atom is 0.435 e. The van der Waals surface area contributed by atoms with Crippen LogP contribution in [0.5, 0.6) is 5.75 Å². The number of benzene rings is 1. The van der Waals surface area contributed by atoms with E-state index >= 15 is 0 Å². The number of ketones is 1. The van der Waals surface area contributed by atoms with Crippen LogP contribution in [0.15, 0.2) is 30.3 Å². The van der Waals surface area contributed by atoms with E-state index in [-0.39, 0.29) is 18.7 Å². The first-order valence-corrected chi connectivity index (χ1v) is 8.14. The number of carbonyl (C=O) groups is 2. The van der Waals surface area contributed by atoms with Gasteiger partial charge in [0, 0.05) is 17.7 Å². The average molecular weight is 384 g/mol.